The summed E-state index contributed by atoms with van der Waals surface area (Å²) in [5.74, 6) is 1.86. The molecule has 19 heavy (non-hydrogen) atoms. The highest BCUT2D eigenvalue weighted by atomic mass is 16.5. The van der Waals surface area contributed by atoms with Crippen molar-refractivity contribution in [3.05, 3.63) is 41.2 Å². The zero-order chi connectivity index (χ0) is 13.8. The van der Waals surface area contributed by atoms with E-state index >= 15 is 0 Å². The topological polar surface area (TPSA) is 61.0 Å². The van der Waals surface area contributed by atoms with Crippen molar-refractivity contribution in [1.29, 1.82) is 0 Å². The smallest absolute Gasteiger partial charge is 0.227 e. The predicted octanol–water partition coefficient (Wildman–Crippen LogP) is 3.42. The molecule has 0 amide bonds. The Morgan fingerprint density at radius 1 is 1.21 bits per heavy atom. The highest BCUT2D eigenvalue weighted by molar-refractivity contribution is 5.47. The van der Waals surface area contributed by atoms with E-state index in [1.54, 1.807) is 0 Å². The van der Waals surface area contributed by atoms with Crippen LogP contribution in [0.1, 0.15) is 30.0 Å². The fourth-order valence-corrected chi connectivity index (χ4v) is 2.00. The van der Waals surface area contributed by atoms with E-state index in [9.17, 15) is 0 Å². The minimum atomic E-state index is 0.497. The summed E-state index contributed by atoms with van der Waals surface area (Å²) in [7, 11) is 0. The minimum Gasteiger partial charge on any atom is -0.438 e. The summed E-state index contributed by atoms with van der Waals surface area (Å²) >= 11 is 0. The molecule has 2 N–H and O–H groups in total. The number of hydrogen-bond acceptors (Lipinski definition) is 4. The summed E-state index contributed by atoms with van der Waals surface area (Å²) in [5.41, 5.74) is 9.06. The van der Waals surface area contributed by atoms with E-state index in [1.807, 2.05) is 19.1 Å². The second-order valence-electron chi connectivity index (χ2n) is 4.66. The van der Waals surface area contributed by atoms with E-state index in [0.29, 0.717) is 11.7 Å². The van der Waals surface area contributed by atoms with E-state index < -0.39 is 0 Å². The van der Waals surface area contributed by atoms with Gasteiger partial charge in [-0.05, 0) is 31.9 Å². The van der Waals surface area contributed by atoms with E-state index in [-0.39, 0.29) is 0 Å². The first kappa shape index (κ1) is 13.3. The van der Waals surface area contributed by atoms with Crippen molar-refractivity contribution in [2.45, 2.75) is 33.6 Å². The monoisotopic (exact) mass is 257 g/mol. The van der Waals surface area contributed by atoms with Crippen LogP contribution in [0.2, 0.25) is 0 Å². The normalized spacial score (nSPS) is 10.5. The van der Waals surface area contributed by atoms with Crippen molar-refractivity contribution in [2.24, 2.45) is 0 Å². The molecule has 4 nitrogen and oxygen atoms in total. The van der Waals surface area contributed by atoms with Crippen LogP contribution < -0.4 is 10.5 Å². The Morgan fingerprint density at radius 2 is 2.00 bits per heavy atom. The molecule has 1 aromatic carbocycles. The van der Waals surface area contributed by atoms with Crippen LogP contribution in [0, 0.1) is 13.8 Å². The Bertz CT molecular complexity index is 582. The molecule has 0 aliphatic rings. The summed E-state index contributed by atoms with van der Waals surface area (Å²) in [6.07, 6.45) is 3.22. The molecule has 100 valence electrons. The van der Waals surface area contributed by atoms with Crippen LogP contribution in [0.25, 0.3) is 0 Å². The Hall–Kier alpha value is -2.10. The summed E-state index contributed by atoms with van der Waals surface area (Å²) in [5, 5.41) is 0. The van der Waals surface area contributed by atoms with Gasteiger partial charge in [0.25, 0.3) is 0 Å². The van der Waals surface area contributed by atoms with Gasteiger partial charge in [0.1, 0.15) is 17.9 Å². The van der Waals surface area contributed by atoms with Crippen LogP contribution in [0.15, 0.2) is 24.5 Å². The molecule has 0 bridgehead atoms. The molecule has 1 aromatic heterocycles. The van der Waals surface area contributed by atoms with E-state index in [2.05, 4.69) is 29.9 Å². The van der Waals surface area contributed by atoms with Crippen molar-refractivity contribution in [3.63, 3.8) is 0 Å². The van der Waals surface area contributed by atoms with Gasteiger partial charge in [-0.1, -0.05) is 31.0 Å². The first-order valence-electron chi connectivity index (χ1n) is 6.46. The van der Waals surface area contributed by atoms with Crippen molar-refractivity contribution in [1.82, 2.24) is 9.97 Å². The van der Waals surface area contributed by atoms with Gasteiger partial charge in [0.15, 0.2) is 0 Å². The molecule has 0 aliphatic heterocycles. The van der Waals surface area contributed by atoms with Gasteiger partial charge in [-0.2, -0.15) is 0 Å². The van der Waals surface area contributed by atoms with Gasteiger partial charge in [-0.3, -0.25) is 0 Å². The minimum absolute atomic E-state index is 0.497. The van der Waals surface area contributed by atoms with Gasteiger partial charge >= 0.3 is 0 Å². The van der Waals surface area contributed by atoms with Gasteiger partial charge in [-0.15, -0.1) is 0 Å². The van der Waals surface area contributed by atoms with Gasteiger partial charge < -0.3 is 10.5 Å². The van der Waals surface area contributed by atoms with Crippen LogP contribution in [0.3, 0.4) is 0 Å². The molecule has 2 aromatic rings. The lowest BCUT2D eigenvalue weighted by Crippen LogP contribution is -2.03. The van der Waals surface area contributed by atoms with Gasteiger partial charge in [0, 0.05) is 0 Å². The summed E-state index contributed by atoms with van der Waals surface area (Å²) < 4.78 is 5.90. The Morgan fingerprint density at radius 3 is 2.68 bits per heavy atom. The third kappa shape index (κ3) is 3.02. The Labute approximate surface area is 113 Å². The second kappa shape index (κ2) is 5.69. The van der Waals surface area contributed by atoms with Crippen molar-refractivity contribution < 1.29 is 4.74 Å². The first-order chi connectivity index (χ1) is 9.11. The number of nitrogens with zero attached hydrogens (tertiary/aromatic N) is 2. The molecule has 0 atom stereocenters. The average molecular weight is 257 g/mol. The lowest BCUT2D eigenvalue weighted by Gasteiger charge is -2.12. The number of aryl methyl sites for hydroxylation is 2. The number of rotatable bonds is 4. The SMILES string of the molecule is CCCc1c(N)ncnc1Oc1ccc(C)cc1C. The molecule has 0 saturated carbocycles. The molecule has 0 fully saturated rings. The quantitative estimate of drug-likeness (QED) is 0.911. The van der Waals surface area contributed by atoms with E-state index in [4.69, 9.17) is 10.5 Å². The van der Waals surface area contributed by atoms with Crippen molar-refractivity contribution in [3.8, 4) is 11.6 Å². The maximum Gasteiger partial charge on any atom is 0.227 e. The number of benzene rings is 1. The van der Waals surface area contributed by atoms with Crippen LogP contribution in [-0.4, -0.2) is 9.97 Å². The molecule has 0 spiro atoms. The fourth-order valence-electron chi connectivity index (χ4n) is 2.00. The van der Waals surface area contributed by atoms with Crippen LogP contribution in [0.5, 0.6) is 11.6 Å². The summed E-state index contributed by atoms with van der Waals surface area (Å²) in [6, 6.07) is 6.06. The maximum atomic E-state index is 5.90. The molecule has 0 unspecified atom stereocenters. The highest BCUT2D eigenvalue weighted by Gasteiger charge is 2.11. The molecule has 4 heteroatoms. The first-order valence-corrected chi connectivity index (χ1v) is 6.46. The predicted molar refractivity (Wildman–Crippen MR) is 76.4 cm³/mol. The largest absolute Gasteiger partial charge is 0.438 e. The lowest BCUT2D eigenvalue weighted by molar-refractivity contribution is 0.451. The number of hydrogen-bond donors (Lipinski definition) is 1. The molecule has 0 radical (unpaired) electrons. The average Bonchev–Trinajstić information content (AvgIpc) is 2.37. The third-order valence-electron chi connectivity index (χ3n) is 2.98. The summed E-state index contributed by atoms with van der Waals surface area (Å²) in [4.78, 5) is 8.23. The van der Waals surface area contributed by atoms with Gasteiger partial charge in [0.05, 0.1) is 5.56 Å². The molecule has 0 saturated heterocycles. The molecule has 2 rings (SSSR count). The fraction of sp³-hybridized carbons (Fsp3) is 0.333. The number of nitrogens with two attached hydrogens (primary N) is 1. The number of aromatic nitrogens is 2. The number of nitrogen functional groups attached to an aromatic ring is 1. The van der Waals surface area contributed by atoms with E-state index in [0.717, 1.165) is 29.7 Å². The van der Waals surface area contributed by atoms with Crippen LogP contribution in [0.4, 0.5) is 5.82 Å². The number of anilines is 1. The lowest BCUT2D eigenvalue weighted by atomic mass is 10.1. The molecular weight excluding hydrogens is 238 g/mol. The zero-order valence-electron chi connectivity index (χ0n) is 11.6. The second-order valence-corrected chi connectivity index (χ2v) is 4.66. The zero-order valence-corrected chi connectivity index (χ0v) is 11.6. The van der Waals surface area contributed by atoms with E-state index in [1.165, 1.54) is 11.9 Å². The third-order valence-corrected chi connectivity index (χ3v) is 2.98. The Kier molecular flexibility index (Phi) is 4.00. The highest BCUT2D eigenvalue weighted by Crippen LogP contribution is 2.29. The Balaban J connectivity index is 2.35. The molecule has 1 heterocycles. The van der Waals surface area contributed by atoms with Gasteiger partial charge in [0.2, 0.25) is 5.88 Å². The molecular formula is C15H19N3O. The van der Waals surface area contributed by atoms with Crippen LogP contribution in [-0.2, 0) is 6.42 Å². The summed E-state index contributed by atoms with van der Waals surface area (Å²) in [6.45, 7) is 6.17. The van der Waals surface area contributed by atoms with Crippen molar-refractivity contribution >= 4 is 5.82 Å². The standard InChI is InChI=1S/C15H19N3O/c1-4-5-12-14(16)17-9-18-15(12)19-13-7-6-10(2)8-11(13)3/h6-9H,4-5H2,1-3H3,(H2,16,17,18). The maximum absolute atomic E-state index is 5.90. The number of ether oxygens (including phenoxy) is 1. The van der Waals surface area contributed by atoms with Crippen LogP contribution >= 0.6 is 0 Å². The van der Waals surface area contributed by atoms with Gasteiger partial charge in [-0.25, -0.2) is 9.97 Å². The molecule has 0 aliphatic carbocycles. The van der Waals surface area contributed by atoms with Crippen molar-refractivity contribution in [2.75, 3.05) is 5.73 Å².